The van der Waals surface area contributed by atoms with E-state index in [0.29, 0.717) is 0 Å². The lowest BCUT2D eigenvalue weighted by atomic mass is 10.0. The van der Waals surface area contributed by atoms with Gasteiger partial charge in [0.1, 0.15) is 12.3 Å². The Hall–Kier alpha value is -2.32. The highest BCUT2D eigenvalue weighted by Crippen LogP contribution is 2.54. The normalized spacial score (nSPS) is 25.7. The minimum absolute atomic E-state index is 0.0843. The Morgan fingerprint density at radius 1 is 0.818 bits per heavy atom. The molecule has 3 aromatic carbocycles. The molecule has 2 nitrogen and oxygen atoms in total. The molecule has 0 bridgehead atoms. The van der Waals surface area contributed by atoms with E-state index in [9.17, 15) is 0 Å². The van der Waals surface area contributed by atoms with E-state index in [1.54, 1.807) is 0 Å². The lowest BCUT2D eigenvalue weighted by molar-refractivity contribution is 0.0544. The number of hydrogen-bond acceptors (Lipinski definition) is 2. The van der Waals surface area contributed by atoms with Crippen molar-refractivity contribution in [3.05, 3.63) is 77.9 Å². The van der Waals surface area contributed by atoms with Gasteiger partial charge < -0.3 is 9.64 Å². The molecule has 0 N–H and O–H groups in total. The fourth-order valence-corrected chi connectivity index (χ4v) is 4.13. The van der Waals surface area contributed by atoms with Crippen molar-refractivity contribution >= 4 is 16.5 Å². The summed E-state index contributed by atoms with van der Waals surface area (Å²) in [7, 11) is 0. The second-order valence-corrected chi connectivity index (χ2v) is 6.14. The Bertz CT molecular complexity index is 853. The Morgan fingerprint density at radius 2 is 1.55 bits per heavy atom. The van der Waals surface area contributed by atoms with Gasteiger partial charge in [0.25, 0.3) is 0 Å². The molecular formula is C20H17NO. The summed E-state index contributed by atoms with van der Waals surface area (Å²) in [4.78, 5) is 2.42. The molecule has 1 aliphatic heterocycles. The molecule has 0 aromatic heterocycles. The first-order chi connectivity index (χ1) is 10.8. The van der Waals surface area contributed by atoms with E-state index < -0.39 is 0 Å². The Balaban J connectivity index is 1.74. The summed E-state index contributed by atoms with van der Waals surface area (Å²) in [5.74, 6) is 0. The van der Waals surface area contributed by atoms with Crippen LogP contribution in [0.3, 0.4) is 0 Å². The molecule has 0 amide bonds. The Kier molecular flexibility index (Phi) is 2.42. The maximum absolute atomic E-state index is 6.35. The van der Waals surface area contributed by atoms with Crippen LogP contribution in [0.1, 0.15) is 30.2 Å². The van der Waals surface area contributed by atoms with Crippen molar-refractivity contribution in [2.24, 2.45) is 0 Å². The monoisotopic (exact) mass is 287 g/mol. The fraction of sp³-hybridized carbons (Fsp3) is 0.200. The Labute approximate surface area is 129 Å². The molecule has 3 aromatic rings. The predicted octanol–water partition coefficient (Wildman–Crippen LogP) is 4.82. The maximum Gasteiger partial charge on any atom is 0.128 e. The fourth-order valence-electron chi connectivity index (χ4n) is 4.13. The third kappa shape index (κ3) is 1.48. The molecule has 2 aliphatic rings. The van der Waals surface area contributed by atoms with Crippen molar-refractivity contribution in [2.75, 3.05) is 4.90 Å². The van der Waals surface area contributed by atoms with Crippen molar-refractivity contribution in [1.82, 2.24) is 0 Å². The van der Waals surface area contributed by atoms with Crippen LogP contribution in [0.2, 0.25) is 0 Å². The molecule has 1 fully saturated rings. The zero-order valence-corrected chi connectivity index (χ0v) is 12.4. The molecule has 1 aliphatic carbocycles. The van der Waals surface area contributed by atoms with Crippen LogP contribution in [0.5, 0.6) is 0 Å². The number of rotatable bonds is 1. The first kappa shape index (κ1) is 12.2. The lowest BCUT2D eigenvalue weighted by Crippen LogP contribution is -2.29. The van der Waals surface area contributed by atoms with Gasteiger partial charge in [-0.2, -0.15) is 0 Å². The summed E-state index contributed by atoms with van der Waals surface area (Å²) in [6.45, 7) is 2.15. The number of hydrogen-bond donors (Lipinski definition) is 0. The molecule has 5 rings (SSSR count). The standard InChI is InChI=1S/C20H17NO/c1-13-21(15-9-3-2-4-10-15)19-16-11-5-7-14-8-6-12-17(18(14)16)20(19)22-13/h2-13,19-20H,1H3. The summed E-state index contributed by atoms with van der Waals surface area (Å²) < 4.78 is 6.35. The molecule has 2 heteroatoms. The second kappa shape index (κ2) is 4.34. The molecule has 108 valence electrons. The lowest BCUT2D eigenvalue weighted by Gasteiger charge is -2.28. The third-order valence-electron chi connectivity index (χ3n) is 4.97. The molecule has 3 unspecified atom stereocenters. The van der Waals surface area contributed by atoms with Gasteiger partial charge in [-0.15, -0.1) is 0 Å². The van der Waals surface area contributed by atoms with Gasteiger partial charge in [0, 0.05) is 5.69 Å². The van der Waals surface area contributed by atoms with Crippen LogP contribution in [0.4, 0.5) is 5.69 Å². The number of ether oxygens (including phenoxy) is 1. The van der Waals surface area contributed by atoms with E-state index in [-0.39, 0.29) is 18.4 Å². The Morgan fingerprint density at radius 3 is 2.32 bits per heavy atom. The minimum Gasteiger partial charge on any atom is -0.348 e. The highest BCUT2D eigenvalue weighted by Gasteiger charge is 2.47. The average Bonchev–Trinajstić information content (AvgIpc) is 3.05. The number of anilines is 1. The molecule has 22 heavy (non-hydrogen) atoms. The number of para-hydroxylation sites is 1. The topological polar surface area (TPSA) is 12.5 Å². The van der Waals surface area contributed by atoms with Gasteiger partial charge in [-0.05, 0) is 41.0 Å². The number of fused-ring (bicyclic) bond motifs is 3. The van der Waals surface area contributed by atoms with Crippen LogP contribution in [0.15, 0.2) is 66.7 Å². The molecular weight excluding hydrogens is 270 g/mol. The highest BCUT2D eigenvalue weighted by molar-refractivity contribution is 5.92. The smallest absolute Gasteiger partial charge is 0.128 e. The van der Waals surface area contributed by atoms with Crippen molar-refractivity contribution in [3.63, 3.8) is 0 Å². The van der Waals surface area contributed by atoms with Crippen molar-refractivity contribution in [2.45, 2.75) is 25.3 Å². The summed E-state index contributed by atoms with van der Waals surface area (Å²) in [5.41, 5.74) is 3.96. The van der Waals surface area contributed by atoms with Gasteiger partial charge in [0.2, 0.25) is 0 Å². The van der Waals surface area contributed by atoms with E-state index in [2.05, 4.69) is 78.6 Å². The van der Waals surface area contributed by atoms with Crippen molar-refractivity contribution in [3.8, 4) is 0 Å². The van der Waals surface area contributed by atoms with Gasteiger partial charge in [-0.1, -0.05) is 54.6 Å². The zero-order valence-electron chi connectivity index (χ0n) is 12.4. The van der Waals surface area contributed by atoms with Crippen LogP contribution in [0.25, 0.3) is 10.8 Å². The van der Waals surface area contributed by atoms with Crippen molar-refractivity contribution < 1.29 is 4.74 Å². The molecule has 1 heterocycles. The molecule has 1 saturated heterocycles. The van der Waals surface area contributed by atoms with Crippen LogP contribution in [-0.2, 0) is 4.74 Å². The van der Waals surface area contributed by atoms with Crippen LogP contribution in [0, 0.1) is 0 Å². The molecule has 0 spiro atoms. The summed E-state index contributed by atoms with van der Waals surface area (Å²) in [5, 5.41) is 2.70. The van der Waals surface area contributed by atoms with E-state index in [1.165, 1.54) is 27.6 Å². The quantitative estimate of drug-likeness (QED) is 0.636. The van der Waals surface area contributed by atoms with Gasteiger partial charge in [0.15, 0.2) is 0 Å². The third-order valence-corrected chi connectivity index (χ3v) is 4.97. The average molecular weight is 287 g/mol. The van der Waals surface area contributed by atoms with E-state index in [4.69, 9.17) is 4.74 Å². The van der Waals surface area contributed by atoms with Crippen LogP contribution in [-0.4, -0.2) is 6.23 Å². The van der Waals surface area contributed by atoms with E-state index >= 15 is 0 Å². The van der Waals surface area contributed by atoms with Gasteiger partial charge in [-0.25, -0.2) is 0 Å². The van der Waals surface area contributed by atoms with Gasteiger partial charge in [0.05, 0.1) is 6.04 Å². The predicted molar refractivity (Wildman–Crippen MR) is 88.9 cm³/mol. The maximum atomic E-state index is 6.35. The van der Waals surface area contributed by atoms with E-state index in [0.717, 1.165) is 0 Å². The zero-order chi connectivity index (χ0) is 14.7. The summed E-state index contributed by atoms with van der Waals surface area (Å²) >= 11 is 0. The van der Waals surface area contributed by atoms with Gasteiger partial charge >= 0.3 is 0 Å². The molecule has 0 saturated carbocycles. The largest absolute Gasteiger partial charge is 0.348 e. The van der Waals surface area contributed by atoms with E-state index in [1.807, 2.05) is 0 Å². The van der Waals surface area contributed by atoms with Crippen LogP contribution < -0.4 is 4.90 Å². The second-order valence-electron chi connectivity index (χ2n) is 6.14. The number of benzene rings is 3. The molecule has 0 radical (unpaired) electrons. The number of nitrogens with zero attached hydrogens (tertiary/aromatic N) is 1. The summed E-state index contributed by atoms with van der Waals surface area (Å²) in [6, 6.07) is 24.0. The van der Waals surface area contributed by atoms with Gasteiger partial charge in [-0.3, -0.25) is 0 Å². The first-order valence-corrected chi connectivity index (χ1v) is 7.85. The van der Waals surface area contributed by atoms with Crippen LogP contribution >= 0.6 is 0 Å². The highest BCUT2D eigenvalue weighted by atomic mass is 16.5. The van der Waals surface area contributed by atoms with Crippen molar-refractivity contribution in [1.29, 1.82) is 0 Å². The first-order valence-electron chi connectivity index (χ1n) is 7.85. The SMILES string of the molecule is CC1OC2c3cccc4cccc(c34)C2N1c1ccccc1. The summed E-state index contributed by atoms with van der Waals surface area (Å²) in [6.07, 6.45) is 0.220. The molecule has 3 atom stereocenters. The minimum atomic E-state index is 0.0843.